The standard InChI is InChI=1S/C20H18F3NO4/c1-27-17-9-8-14(12-18(17)28-2)16(25)13-24(15-6-4-3-5-7-15)11-10-19(26)20(21,22)23/h3-12H,13H2,1-2H3/b11-10+. The van der Waals surface area contributed by atoms with E-state index in [1.165, 1.54) is 31.3 Å². The zero-order chi connectivity index (χ0) is 20.7. The Morgan fingerprint density at radius 1 is 1.00 bits per heavy atom. The molecule has 0 aliphatic carbocycles. The second-order valence-electron chi connectivity index (χ2n) is 5.63. The van der Waals surface area contributed by atoms with Crippen LogP contribution in [0.1, 0.15) is 10.4 Å². The van der Waals surface area contributed by atoms with Crippen molar-refractivity contribution in [2.45, 2.75) is 6.18 Å². The lowest BCUT2D eigenvalue weighted by Gasteiger charge is -2.20. The number of allylic oxidation sites excluding steroid dienone is 1. The fourth-order valence-electron chi connectivity index (χ4n) is 2.36. The molecular formula is C20H18F3NO4. The molecule has 2 rings (SSSR count). The summed E-state index contributed by atoms with van der Waals surface area (Å²) in [5.41, 5.74) is 0.747. The number of ketones is 2. The predicted molar refractivity (Wildman–Crippen MR) is 97.9 cm³/mol. The van der Waals surface area contributed by atoms with Crippen LogP contribution in [0.2, 0.25) is 0 Å². The van der Waals surface area contributed by atoms with Gasteiger partial charge in [0.1, 0.15) is 0 Å². The van der Waals surface area contributed by atoms with Crippen LogP contribution in [0.3, 0.4) is 0 Å². The summed E-state index contributed by atoms with van der Waals surface area (Å²) in [7, 11) is 2.88. The first kappa shape index (κ1) is 21.0. The zero-order valence-corrected chi connectivity index (χ0v) is 15.2. The molecule has 2 aromatic rings. The Morgan fingerprint density at radius 2 is 1.64 bits per heavy atom. The Bertz CT molecular complexity index is 863. The molecular weight excluding hydrogens is 375 g/mol. The topological polar surface area (TPSA) is 55.8 Å². The van der Waals surface area contributed by atoms with Gasteiger partial charge in [-0.25, -0.2) is 0 Å². The van der Waals surface area contributed by atoms with Crippen molar-refractivity contribution in [1.29, 1.82) is 0 Å². The number of rotatable bonds is 8. The van der Waals surface area contributed by atoms with Gasteiger partial charge in [0.15, 0.2) is 17.3 Å². The number of halogens is 3. The first-order valence-electron chi connectivity index (χ1n) is 8.12. The second kappa shape index (κ2) is 9.07. The van der Waals surface area contributed by atoms with Crippen LogP contribution in [0.4, 0.5) is 18.9 Å². The number of alkyl halides is 3. The normalized spacial score (nSPS) is 11.3. The third kappa shape index (κ3) is 5.35. The Balaban J connectivity index is 2.28. The monoisotopic (exact) mass is 393 g/mol. The van der Waals surface area contributed by atoms with Crippen molar-refractivity contribution < 1.29 is 32.2 Å². The lowest BCUT2D eigenvalue weighted by molar-refractivity contribution is -0.165. The molecule has 0 aliphatic heterocycles. The van der Waals surface area contributed by atoms with Gasteiger partial charge < -0.3 is 14.4 Å². The molecule has 0 spiro atoms. The lowest BCUT2D eigenvalue weighted by atomic mass is 10.1. The molecule has 0 atom stereocenters. The van der Waals surface area contributed by atoms with Gasteiger partial charge in [-0.1, -0.05) is 18.2 Å². The van der Waals surface area contributed by atoms with Gasteiger partial charge in [-0.05, 0) is 30.3 Å². The molecule has 0 saturated carbocycles. The Kier molecular flexibility index (Phi) is 6.81. The molecule has 2 aromatic carbocycles. The summed E-state index contributed by atoms with van der Waals surface area (Å²) in [6.45, 7) is -0.277. The first-order chi connectivity index (χ1) is 13.3. The number of hydrogen-bond acceptors (Lipinski definition) is 5. The van der Waals surface area contributed by atoms with Crippen LogP contribution >= 0.6 is 0 Å². The Morgan fingerprint density at radius 3 is 2.21 bits per heavy atom. The van der Waals surface area contributed by atoms with Gasteiger partial charge in [0.05, 0.1) is 20.8 Å². The van der Waals surface area contributed by atoms with Crippen molar-refractivity contribution in [3.63, 3.8) is 0 Å². The maximum absolute atomic E-state index is 12.7. The summed E-state index contributed by atoms with van der Waals surface area (Å²) in [6.07, 6.45) is -3.63. The summed E-state index contributed by atoms with van der Waals surface area (Å²) in [6, 6.07) is 12.9. The maximum atomic E-state index is 12.7. The Labute approximate surface area is 160 Å². The maximum Gasteiger partial charge on any atom is 0.454 e. The van der Waals surface area contributed by atoms with E-state index in [-0.39, 0.29) is 17.9 Å². The highest BCUT2D eigenvalue weighted by atomic mass is 19.4. The smallest absolute Gasteiger partial charge is 0.454 e. The van der Waals surface area contributed by atoms with Gasteiger partial charge in [-0.3, -0.25) is 9.59 Å². The number of methoxy groups -OCH3 is 2. The fraction of sp³-hybridized carbons (Fsp3) is 0.200. The van der Waals surface area contributed by atoms with Crippen molar-refractivity contribution >= 4 is 17.3 Å². The van der Waals surface area contributed by atoms with Gasteiger partial charge >= 0.3 is 6.18 Å². The average Bonchev–Trinajstić information content (AvgIpc) is 2.69. The number of nitrogens with zero attached hydrogens (tertiary/aromatic N) is 1. The highest BCUT2D eigenvalue weighted by Crippen LogP contribution is 2.28. The number of benzene rings is 2. The molecule has 0 radical (unpaired) electrons. The third-order valence-corrected chi connectivity index (χ3v) is 3.79. The summed E-state index contributed by atoms with van der Waals surface area (Å²) in [5.74, 6) is -1.60. The van der Waals surface area contributed by atoms with E-state index in [0.29, 0.717) is 23.3 Å². The number of Topliss-reactive ketones (excluding diaryl/α,β-unsaturated/α-hetero) is 1. The number of hydrogen-bond donors (Lipinski definition) is 0. The minimum absolute atomic E-state index is 0.277. The quantitative estimate of drug-likeness (QED) is 0.501. The SMILES string of the molecule is COc1ccc(C(=O)CN(/C=C/C(=O)C(F)(F)F)c2ccccc2)cc1OC. The van der Waals surface area contributed by atoms with Crippen LogP contribution in [0.25, 0.3) is 0 Å². The first-order valence-corrected chi connectivity index (χ1v) is 8.12. The van der Waals surface area contributed by atoms with Gasteiger partial charge in [0.25, 0.3) is 5.78 Å². The largest absolute Gasteiger partial charge is 0.493 e. The predicted octanol–water partition coefficient (Wildman–Crippen LogP) is 4.04. The minimum Gasteiger partial charge on any atom is -0.493 e. The van der Waals surface area contributed by atoms with E-state index in [1.807, 2.05) is 0 Å². The van der Waals surface area contributed by atoms with Crippen molar-refractivity contribution in [2.75, 3.05) is 25.7 Å². The molecule has 5 nitrogen and oxygen atoms in total. The van der Waals surface area contributed by atoms with Crippen LogP contribution < -0.4 is 14.4 Å². The average molecular weight is 393 g/mol. The highest BCUT2D eigenvalue weighted by Gasteiger charge is 2.36. The molecule has 0 aliphatic rings. The molecule has 0 N–H and O–H groups in total. The van der Waals surface area contributed by atoms with E-state index in [4.69, 9.17) is 9.47 Å². The van der Waals surface area contributed by atoms with E-state index in [2.05, 4.69) is 0 Å². The van der Waals surface area contributed by atoms with Crippen molar-refractivity contribution in [1.82, 2.24) is 0 Å². The van der Waals surface area contributed by atoms with Crippen LogP contribution in [0, 0.1) is 0 Å². The molecule has 148 valence electrons. The van der Waals surface area contributed by atoms with Gasteiger partial charge in [-0.15, -0.1) is 0 Å². The van der Waals surface area contributed by atoms with Crippen molar-refractivity contribution in [2.24, 2.45) is 0 Å². The van der Waals surface area contributed by atoms with Gasteiger partial charge in [-0.2, -0.15) is 13.2 Å². The number of anilines is 1. The molecule has 0 aromatic heterocycles. The highest BCUT2D eigenvalue weighted by molar-refractivity contribution is 6.00. The summed E-state index contributed by atoms with van der Waals surface area (Å²) < 4.78 is 47.7. The third-order valence-electron chi connectivity index (χ3n) is 3.79. The molecule has 0 bridgehead atoms. The van der Waals surface area contributed by atoms with Gasteiger partial charge in [0.2, 0.25) is 0 Å². The molecule has 0 saturated heterocycles. The van der Waals surface area contributed by atoms with E-state index in [1.54, 1.807) is 36.4 Å². The number of carbonyl (C=O) groups is 2. The van der Waals surface area contributed by atoms with Crippen molar-refractivity contribution in [3.8, 4) is 11.5 Å². The summed E-state index contributed by atoms with van der Waals surface area (Å²) in [4.78, 5) is 25.1. The van der Waals surface area contributed by atoms with Crippen LogP contribution in [-0.2, 0) is 4.79 Å². The van der Waals surface area contributed by atoms with Crippen LogP contribution in [0.5, 0.6) is 11.5 Å². The molecule has 0 fully saturated rings. The number of carbonyl (C=O) groups excluding carboxylic acids is 2. The van der Waals surface area contributed by atoms with Crippen LogP contribution in [0.15, 0.2) is 60.8 Å². The fourth-order valence-corrected chi connectivity index (χ4v) is 2.36. The van der Waals surface area contributed by atoms with E-state index < -0.39 is 12.0 Å². The van der Waals surface area contributed by atoms with E-state index >= 15 is 0 Å². The van der Waals surface area contributed by atoms with Gasteiger partial charge in [0, 0.05) is 23.5 Å². The second-order valence-corrected chi connectivity index (χ2v) is 5.63. The molecule has 0 unspecified atom stereocenters. The molecule has 0 amide bonds. The zero-order valence-electron chi connectivity index (χ0n) is 15.2. The van der Waals surface area contributed by atoms with Crippen LogP contribution in [-0.4, -0.2) is 38.5 Å². The lowest BCUT2D eigenvalue weighted by Crippen LogP contribution is -2.26. The Hall–Kier alpha value is -3.29. The molecule has 28 heavy (non-hydrogen) atoms. The molecule has 8 heteroatoms. The van der Waals surface area contributed by atoms with E-state index in [0.717, 1.165) is 6.20 Å². The summed E-state index contributed by atoms with van der Waals surface area (Å²) >= 11 is 0. The van der Waals surface area contributed by atoms with E-state index in [9.17, 15) is 22.8 Å². The van der Waals surface area contributed by atoms with Crippen molar-refractivity contribution in [3.05, 3.63) is 66.4 Å². The number of para-hydroxylation sites is 1. The minimum atomic E-state index is -4.98. The molecule has 0 heterocycles. The number of ether oxygens (including phenoxy) is 2. The summed E-state index contributed by atoms with van der Waals surface area (Å²) in [5, 5.41) is 0.